The van der Waals surface area contributed by atoms with Crippen molar-refractivity contribution in [3.8, 4) is 0 Å². The summed E-state index contributed by atoms with van der Waals surface area (Å²) in [6.07, 6.45) is 1.96. The van der Waals surface area contributed by atoms with Gasteiger partial charge in [-0.15, -0.1) is 0 Å². The van der Waals surface area contributed by atoms with Gasteiger partial charge in [-0.1, -0.05) is 74.0 Å². The first kappa shape index (κ1) is 21.8. The smallest absolute Gasteiger partial charge is 0.410 e. The number of hydrogen-bond acceptors (Lipinski definition) is 4. The minimum absolute atomic E-state index is 0.0378. The normalized spacial score (nSPS) is 13.2. The quantitative estimate of drug-likeness (QED) is 0.540. The molecule has 0 radical (unpaired) electrons. The molecule has 1 aromatic heterocycles. The topological polar surface area (TPSA) is 64.4 Å². The van der Waals surface area contributed by atoms with E-state index < -0.39 is 0 Å². The Balaban J connectivity index is 1.71. The van der Waals surface area contributed by atoms with E-state index in [0.717, 1.165) is 24.0 Å². The van der Waals surface area contributed by atoms with Gasteiger partial charge < -0.3 is 9.64 Å². The molecule has 166 valence electrons. The maximum atomic E-state index is 13.7. The summed E-state index contributed by atoms with van der Waals surface area (Å²) in [5, 5.41) is 0. The molecule has 4 rings (SSSR count). The molecule has 3 aromatic rings. The third-order valence-electron chi connectivity index (χ3n) is 5.91. The molecule has 0 saturated heterocycles. The molecule has 0 spiro atoms. The molecule has 0 N–H and O–H groups in total. The molecule has 0 saturated carbocycles. The van der Waals surface area contributed by atoms with Crippen LogP contribution in [-0.4, -0.2) is 33.7 Å². The molecular weight excluding hydrogens is 402 g/mol. The molecular formula is C26H29N3O3. The van der Waals surface area contributed by atoms with E-state index in [1.54, 1.807) is 9.47 Å². The molecule has 2 aromatic carbocycles. The summed E-state index contributed by atoms with van der Waals surface area (Å²) in [7, 11) is 0. The van der Waals surface area contributed by atoms with Crippen molar-refractivity contribution in [2.75, 3.05) is 13.2 Å². The molecule has 0 fully saturated rings. The van der Waals surface area contributed by atoms with Crippen molar-refractivity contribution in [2.24, 2.45) is 0 Å². The van der Waals surface area contributed by atoms with Crippen LogP contribution in [0.4, 0.5) is 4.79 Å². The van der Waals surface area contributed by atoms with E-state index >= 15 is 0 Å². The fourth-order valence-corrected chi connectivity index (χ4v) is 4.24. The zero-order chi connectivity index (χ0) is 22.5. The lowest BCUT2D eigenvalue weighted by Gasteiger charge is -2.30. The second-order valence-corrected chi connectivity index (χ2v) is 8.12. The summed E-state index contributed by atoms with van der Waals surface area (Å²) in [5.41, 5.74) is 3.38. The summed E-state index contributed by atoms with van der Waals surface area (Å²) in [4.78, 5) is 32.5. The zero-order valence-electron chi connectivity index (χ0n) is 18.7. The van der Waals surface area contributed by atoms with Gasteiger partial charge >= 0.3 is 6.09 Å². The van der Waals surface area contributed by atoms with E-state index in [0.29, 0.717) is 43.2 Å². The van der Waals surface area contributed by atoms with Crippen molar-refractivity contribution < 1.29 is 9.53 Å². The van der Waals surface area contributed by atoms with E-state index in [1.165, 1.54) is 0 Å². The van der Waals surface area contributed by atoms with Crippen LogP contribution in [0.2, 0.25) is 0 Å². The molecule has 0 unspecified atom stereocenters. The van der Waals surface area contributed by atoms with E-state index in [9.17, 15) is 9.59 Å². The number of aryl methyl sites for hydroxylation is 1. The average molecular weight is 432 g/mol. The lowest BCUT2D eigenvalue weighted by Crippen LogP contribution is -2.42. The van der Waals surface area contributed by atoms with Crippen molar-refractivity contribution in [3.05, 3.63) is 99.2 Å². The van der Waals surface area contributed by atoms with Gasteiger partial charge in [0, 0.05) is 12.1 Å². The van der Waals surface area contributed by atoms with Crippen molar-refractivity contribution in [2.45, 2.75) is 45.7 Å². The van der Waals surface area contributed by atoms with E-state index in [2.05, 4.69) is 6.92 Å². The standard InChI is InChI=1S/C26H29N3O3/c1-3-4-17-32-26(31)28-16-15-22-23(18-28)27-19(2)29(25(22)30)24(20-11-7-5-8-12-20)21-13-9-6-10-14-21/h5-14,24H,3-4,15-18H2,1-2H3. The molecule has 6 nitrogen and oxygen atoms in total. The maximum absolute atomic E-state index is 13.7. The van der Waals surface area contributed by atoms with Crippen molar-refractivity contribution in [1.29, 1.82) is 0 Å². The lowest BCUT2D eigenvalue weighted by atomic mass is 9.97. The molecule has 0 bridgehead atoms. The van der Waals surface area contributed by atoms with Gasteiger partial charge in [0.15, 0.2) is 0 Å². The molecule has 1 aliphatic heterocycles. The second-order valence-electron chi connectivity index (χ2n) is 8.12. The minimum atomic E-state index is -0.334. The number of carbonyl (C=O) groups excluding carboxylic acids is 1. The maximum Gasteiger partial charge on any atom is 0.410 e. The number of rotatable bonds is 6. The summed E-state index contributed by atoms with van der Waals surface area (Å²) < 4.78 is 7.14. The summed E-state index contributed by atoms with van der Waals surface area (Å²) in [6, 6.07) is 19.8. The van der Waals surface area contributed by atoms with Crippen LogP contribution in [0.5, 0.6) is 0 Å². The number of hydrogen-bond donors (Lipinski definition) is 0. The number of benzene rings is 2. The first-order valence-corrected chi connectivity index (χ1v) is 11.2. The SMILES string of the molecule is CCCCOC(=O)N1CCc2c(nc(C)n(C(c3ccccc3)c3ccccc3)c2=O)C1. The van der Waals surface area contributed by atoms with Crippen LogP contribution < -0.4 is 5.56 Å². The molecule has 1 aliphatic rings. The van der Waals surface area contributed by atoms with Gasteiger partial charge in [-0.25, -0.2) is 9.78 Å². The first-order chi connectivity index (χ1) is 15.6. The van der Waals surface area contributed by atoms with Gasteiger partial charge in [0.2, 0.25) is 0 Å². The van der Waals surface area contributed by atoms with Gasteiger partial charge in [0.25, 0.3) is 5.56 Å². The van der Waals surface area contributed by atoms with Crippen molar-refractivity contribution in [3.63, 3.8) is 0 Å². The molecule has 32 heavy (non-hydrogen) atoms. The molecule has 0 atom stereocenters. The van der Waals surface area contributed by atoms with Gasteiger partial charge in [-0.3, -0.25) is 9.36 Å². The fraction of sp³-hybridized carbons (Fsp3) is 0.346. The lowest BCUT2D eigenvalue weighted by molar-refractivity contribution is 0.0957. The van der Waals surface area contributed by atoms with E-state index in [1.807, 2.05) is 67.6 Å². The highest BCUT2D eigenvalue weighted by Gasteiger charge is 2.28. The van der Waals surface area contributed by atoms with Crippen LogP contribution in [0.3, 0.4) is 0 Å². The Hall–Kier alpha value is -3.41. The summed E-state index contributed by atoms with van der Waals surface area (Å²) in [5.74, 6) is 0.632. The Morgan fingerprint density at radius 1 is 1.06 bits per heavy atom. The van der Waals surface area contributed by atoms with Crippen LogP contribution in [0, 0.1) is 6.92 Å². The Morgan fingerprint density at radius 2 is 1.69 bits per heavy atom. The van der Waals surface area contributed by atoms with Crippen molar-refractivity contribution in [1.82, 2.24) is 14.5 Å². The molecule has 6 heteroatoms. The van der Waals surface area contributed by atoms with Crippen LogP contribution in [0.1, 0.15) is 54.0 Å². The van der Waals surface area contributed by atoms with Gasteiger partial charge in [-0.2, -0.15) is 0 Å². The third-order valence-corrected chi connectivity index (χ3v) is 5.91. The molecule has 2 heterocycles. The van der Waals surface area contributed by atoms with Gasteiger partial charge in [-0.05, 0) is 30.9 Å². The number of unbranched alkanes of at least 4 members (excludes halogenated alkanes) is 1. The average Bonchev–Trinajstić information content (AvgIpc) is 2.82. The first-order valence-electron chi connectivity index (χ1n) is 11.2. The summed E-state index contributed by atoms with van der Waals surface area (Å²) >= 11 is 0. The minimum Gasteiger partial charge on any atom is -0.449 e. The van der Waals surface area contributed by atoms with Crippen LogP contribution in [0.25, 0.3) is 0 Å². The molecule has 1 amide bonds. The van der Waals surface area contributed by atoms with E-state index in [-0.39, 0.29) is 17.7 Å². The number of carbonyl (C=O) groups is 1. The monoisotopic (exact) mass is 431 g/mol. The second kappa shape index (κ2) is 9.81. The Labute approximate surface area is 188 Å². The predicted octanol–water partition coefficient (Wildman–Crippen LogP) is 4.48. The summed E-state index contributed by atoms with van der Waals surface area (Å²) in [6.45, 7) is 5.10. The zero-order valence-corrected chi connectivity index (χ0v) is 18.7. The van der Waals surface area contributed by atoms with Crippen LogP contribution >= 0.6 is 0 Å². The van der Waals surface area contributed by atoms with Gasteiger partial charge in [0.05, 0.1) is 24.9 Å². The van der Waals surface area contributed by atoms with Crippen LogP contribution in [-0.2, 0) is 17.7 Å². The predicted molar refractivity (Wildman–Crippen MR) is 124 cm³/mol. The highest BCUT2D eigenvalue weighted by atomic mass is 16.6. The van der Waals surface area contributed by atoms with E-state index in [4.69, 9.17) is 9.72 Å². The third kappa shape index (κ3) is 4.44. The number of nitrogens with zero attached hydrogens (tertiary/aromatic N) is 3. The number of ether oxygens (including phenoxy) is 1. The number of fused-ring (bicyclic) bond motifs is 1. The van der Waals surface area contributed by atoms with Crippen LogP contribution in [0.15, 0.2) is 65.5 Å². The number of aromatic nitrogens is 2. The Morgan fingerprint density at radius 3 is 2.28 bits per heavy atom. The number of amides is 1. The highest BCUT2D eigenvalue weighted by Crippen LogP contribution is 2.27. The van der Waals surface area contributed by atoms with Gasteiger partial charge in [0.1, 0.15) is 5.82 Å². The Kier molecular flexibility index (Phi) is 6.69. The van der Waals surface area contributed by atoms with Crippen molar-refractivity contribution >= 4 is 6.09 Å². The fourth-order valence-electron chi connectivity index (χ4n) is 4.24. The highest BCUT2D eigenvalue weighted by molar-refractivity contribution is 5.68. The molecule has 0 aliphatic carbocycles. The largest absolute Gasteiger partial charge is 0.449 e. The Bertz CT molecular complexity index is 1090.